The standard InChI is InChI=1S/C10H9BO5/c1-15-10(12)6-3-2-4-8-7(6)5-9(16-8)11(13)14/h2-5,13-14H,1H3. The number of furan rings is 1. The predicted molar refractivity (Wildman–Crippen MR) is 57.4 cm³/mol. The molecule has 0 radical (unpaired) electrons. The van der Waals surface area contributed by atoms with Gasteiger partial charge in [-0.25, -0.2) is 4.79 Å². The second kappa shape index (κ2) is 4.00. The second-order valence-electron chi connectivity index (χ2n) is 3.23. The molecule has 0 bridgehead atoms. The Balaban J connectivity index is 2.63. The van der Waals surface area contributed by atoms with Crippen LogP contribution < -0.4 is 5.66 Å². The van der Waals surface area contributed by atoms with Gasteiger partial charge in [-0.2, -0.15) is 0 Å². The maximum absolute atomic E-state index is 11.4. The van der Waals surface area contributed by atoms with Gasteiger partial charge in [0.2, 0.25) is 0 Å². The number of ether oxygens (including phenoxy) is 1. The molecule has 0 aliphatic carbocycles. The molecule has 0 unspecified atom stereocenters. The predicted octanol–water partition coefficient (Wildman–Crippen LogP) is -0.101. The van der Waals surface area contributed by atoms with Crippen molar-refractivity contribution in [2.24, 2.45) is 0 Å². The zero-order valence-electron chi connectivity index (χ0n) is 8.51. The lowest BCUT2D eigenvalue weighted by Crippen LogP contribution is -2.27. The van der Waals surface area contributed by atoms with E-state index in [1.807, 2.05) is 0 Å². The molecule has 1 aromatic heterocycles. The first-order valence-electron chi connectivity index (χ1n) is 4.60. The molecule has 5 nitrogen and oxygen atoms in total. The second-order valence-corrected chi connectivity index (χ2v) is 3.23. The van der Waals surface area contributed by atoms with Gasteiger partial charge in [-0.15, -0.1) is 0 Å². The van der Waals surface area contributed by atoms with E-state index in [1.54, 1.807) is 18.2 Å². The molecule has 6 heteroatoms. The normalized spacial score (nSPS) is 10.4. The molecule has 16 heavy (non-hydrogen) atoms. The topological polar surface area (TPSA) is 79.9 Å². The van der Waals surface area contributed by atoms with Crippen LogP contribution in [0.3, 0.4) is 0 Å². The van der Waals surface area contributed by atoms with E-state index in [9.17, 15) is 4.79 Å². The van der Waals surface area contributed by atoms with Crippen LogP contribution in [0.5, 0.6) is 0 Å². The van der Waals surface area contributed by atoms with Crippen LogP contribution in [-0.4, -0.2) is 30.2 Å². The monoisotopic (exact) mass is 220 g/mol. The Hall–Kier alpha value is -1.79. The van der Waals surface area contributed by atoms with Gasteiger partial charge in [-0.05, 0) is 18.2 Å². The lowest BCUT2D eigenvalue weighted by molar-refractivity contribution is 0.0603. The summed E-state index contributed by atoms with van der Waals surface area (Å²) in [5.74, 6) is -0.495. The number of rotatable bonds is 2. The van der Waals surface area contributed by atoms with Gasteiger partial charge in [0.25, 0.3) is 0 Å². The average molecular weight is 220 g/mol. The molecule has 82 valence electrons. The molecule has 2 aromatic rings. The summed E-state index contributed by atoms with van der Waals surface area (Å²) in [6.07, 6.45) is 0. The highest BCUT2D eigenvalue weighted by molar-refractivity contribution is 6.57. The number of fused-ring (bicyclic) bond motifs is 1. The van der Waals surface area contributed by atoms with Gasteiger partial charge in [0.15, 0.2) is 0 Å². The van der Waals surface area contributed by atoms with Crippen LogP contribution in [-0.2, 0) is 4.74 Å². The van der Waals surface area contributed by atoms with Crippen molar-refractivity contribution in [1.29, 1.82) is 0 Å². The van der Waals surface area contributed by atoms with Crippen LogP contribution in [0.4, 0.5) is 0 Å². The van der Waals surface area contributed by atoms with Gasteiger partial charge in [0.1, 0.15) is 11.2 Å². The third-order valence-electron chi connectivity index (χ3n) is 2.24. The summed E-state index contributed by atoms with van der Waals surface area (Å²) < 4.78 is 9.77. The Morgan fingerprint density at radius 1 is 1.44 bits per heavy atom. The van der Waals surface area contributed by atoms with E-state index in [-0.39, 0.29) is 5.66 Å². The Bertz CT molecular complexity index is 531. The summed E-state index contributed by atoms with van der Waals surface area (Å²) in [7, 11) is -0.416. The highest BCUT2D eigenvalue weighted by atomic mass is 16.5. The van der Waals surface area contributed by atoms with Gasteiger partial charge < -0.3 is 19.2 Å². The number of hydrogen-bond acceptors (Lipinski definition) is 5. The van der Waals surface area contributed by atoms with Crippen LogP contribution in [0.2, 0.25) is 0 Å². The Morgan fingerprint density at radius 3 is 2.81 bits per heavy atom. The largest absolute Gasteiger partial charge is 0.526 e. The highest BCUT2D eigenvalue weighted by Crippen LogP contribution is 2.19. The Kier molecular flexibility index (Phi) is 2.68. The summed E-state index contributed by atoms with van der Waals surface area (Å²) >= 11 is 0. The van der Waals surface area contributed by atoms with Crippen molar-refractivity contribution in [3.05, 3.63) is 29.8 Å². The van der Waals surface area contributed by atoms with E-state index in [4.69, 9.17) is 14.5 Å². The molecule has 0 spiro atoms. The summed E-state index contributed by atoms with van der Waals surface area (Å²) in [5, 5.41) is 18.4. The molecular weight excluding hydrogens is 211 g/mol. The zero-order chi connectivity index (χ0) is 11.7. The smallest absolute Gasteiger partial charge is 0.465 e. The molecule has 0 aliphatic heterocycles. The van der Waals surface area contributed by atoms with Crippen LogP contribution in [0.15, 0.2) is 28.7 Å². The minimum Gasteiger partial charge on any atom is -0.465 e. The van der Waals surface area contributed by atoms with E-state index in [0.717, 1.165) is 0 Å². The third-order valence-corrected chi connectivity index (χ3v) is 2.24. The van der Waals surface area contributed by atoms with Crippen molar-refractivity contribution < 1.29 is 24.0 Å². The minimum absolute atomic E-state index is 0.00801. The fraction of sp³-hybridized carbons (Fsp3) is 0.100. The van der Waals surface area contributed by atoms with Crippen molar-refractivity contribution in [3.63, 3.8) is 0 Å². The summed E-state index contributed by atoms with van der Waals surface area (Å²) in [4.78, 5) is 11.4. The quantitative estimate of drug-likeness (QED) is 0.545. The van der Waals surface area contributed by atoms with Gasteiger partial charge in [-0.1, -0.05) is 6.07 Å². The van der Waals surface area contributed by atoms with Crippen LogP contribution >= 0.6 is 0 Å². The molecule has 1 aromatic carbocycles. The number of carbonyl (C=O) groups is 1. The first-order valence-corrected chi connectivity index (χ1v) is 4.60. The molecule has 2 N–H and O–H groups in total. The molecule has 0 saturated carbocycles. The Morgan fingerprint density at radius 2 is 2.19 bits per heavy atom. The van der Waals surface area contributed by atoms with E-state index >= 15 is 0 Å². The Labute approximate surface area is 91.4 Å². The number of methoxy groups -OCH3 is 1. The number of carbonyl (C=O) groups excluding carboxylic acids is 1. The number of benzene rings is 1. The van der Waals surface area contributed by atoms with Gasteiger partial charge in [-0.3, -0.25) is 0 Å². The van der Waals surface area contributed by atoms with E-state index in [1.165, 1.54) is 13.2 Å². The lowest BCUT2D eigenvalue weighted by atomic mass is 9.87. The van der Waals surface area contributed by atoms with Crippen molar-refractivity contribution in [3.8, 4) is 0 Å². The fourth-order valence-electron chi connectivity index (χ4n) is 1.50. The van der Waals surface area contributed by atoms with Crippen molar-refractivity contribution in [1.82, 2.24) is 0 Å². The highest BCUT2D eigenvalue weighted by Gasteiger charge is 2.20. The van der Waals surface area contributed by atoms with E-state index < -0.39 is 13.1 Å². The molecule has 0 saturated heterocycles. The van der Waals surface area contributed by atoms with Gasteiger partial charge >= 0.3 is 13.1 Å². The molecule has 0 aliphatic rings. The van der Waals surface area contributed by atoms with Crippen LogP contribution in [0.1, 0.15) is 10.4 Å². The van der Waals surface area contributed by atoms with Crippen LogP contribution in [0.25, 0.3) is 11.0 Å². The molecule has 0 atom stereocenters. The molecule has 0 fully saturated rings. The summed E-state index contributed by atoms with van der Waals surface area (Å²) in [5.41, 5.74) is 0.730. The van der Waals surface area contributed by atoms with Crippen molar-refractivity contribution in [2.75, 3.05) is 7.11 Å². The van der Waals surface area contributed by atoms with E-state index in [2.05, 4.69) is 4.74 Å². The minimum atomic E-state index is -1.70. The number of hydrogen-bond donors (Lipinski definition) is 2. The maximum atomic E-state index is 11.4. The fourth-order valence-corrected chi connectivity index (χ4v) is 1.50. The third kappa shape index (κ3) is 1.68. The van der Waals surface area contributed by atoms with Crippen LogP contribution in [0, 0.1) is 0 Å². The molecule has 2 rings (SSSR count). The average Bonchev–Trinajstić information content (AvgIpc) is 2.71. The summed E-state index contributed by atoms with van der Waals surface area (Å²) in [6, 6.07) is 6.25. The lowest BCUT2D eigenvalue weighted by Gasteiger charge is -1.98. The summed E-state index contributed by atoms with van der Waals surface area (Å²) in [6.45, 7) is 0. The first-order chi connectivity index (χ1) is 7.63. The SMILES string of the molecule is COC(=O)c1cccc2oc(B(O)O)cc12. The number of esters is 1. The maximum Gasteiger partial charge on any atom is 0.526 e. The van der Waals surface area contributed by atoms with Gasteiger partial charge in [0, 0.05) is 5.39 Å². The zero-order valence-corrected chi connectivity index (χ0v) is 8.51. The first kappa shape index (κ1) is 10.7. The van der Waals surface area contributed by atoms with E-state index in [0.29, 0.717) is 16.5 Å². The van der Waals surface area contributed by atoms with Crippen molar-refractivity contribution in [2.45, 2.75) is 0 Å². The molecular formula is C10H9BO5. The van der Waals surface area contributed by atoms with Crippen molar-refractivity contribution >= 4 is 29.7 Å². The molecule has 0 amide bonds. The van der Waals surface area contributed by atoms with Gasteiger partial charge in [0.05, 0.1) is 12.7 Å². The molecule has 1 heterocycles.